The number of rotatable bonds is 4. The summed E-state index contributed by atoms with van der Waals surface area (Å²) in [4.78, 5) is 35.1. The number of carbonyl (C=O) groups is 3. The van der Waals surface area contributed by atoms with Gasteiger partial charge in [0.15, 0.2) is 5.82 Å². The van der Waals surface area contributed by atoms with Gasteiger partial charge in [-0.2, -0.15) is 5.10 Å². The number of hydrogen-bond donors (Lipinski definition) is 3. The van der Waals surface area contributed by atoms with E-state index >= 15 is 0 Å². The zero-order valence-electron chi connectivity index (χ0n) is 10.7. The first kappa shape index (κ1) is 13.1. The average Bonchev–Trinajstić information content (AvgIpc) is 2.91. The Balaban J connectivity index is 1.93. The molecule has 102 valence electrons. The summed E-state index contributed by atoms with van der Waals surface area (Å²) in [5.41, 5.74) is 0.894. The van der Waals surface area contributed by atoms with Crippen LogP contribution in [-0.2, 0) is 9.59 Å². The molecule has 0 atom stereocenters. The molecule has 1 aromatic heterocycles. The van der Waals surface area contributed by atoms with E-state index in [9.17, 15) is 14.4 Å². The lowest BCUT2D eigenvalue weighted by Gasteiger charge is -2.10. The van der Waals surface area contributed by atoms with E-state index < -0.39 is 17.8 Å². The van der Waals surface area contributed by atoms with Crippen LogP contribution < -0.4 is 10.6 Å². The van der Waals surface area contributed by atoms with Gasteiger partial charge >= 0.3 is 6.03 Å². The third-order valence-electron chi connectivity index (χ3n) is 2.73. The SMILES string of the molecule is CC(C)c1cc(NC(=O)CN2C(=O)CNC2=O)n[nH]1. The summed E-state index contributed by atoms with van der Waals surface area (Å²) in [6.45, 7) is 3.61. The number of nitrogens with zero attached hydrogens (tertiary/aromatic N) is 2. The van der Waals surface area contributed by atoms with Crippen molar-refractivity contribution in [1.82, 2.24) is 20.4 Å². The number of nitrogens with one attached hydrogen (secondary N) is 3. The highest BCUT2D eigenvalue weighted by atomic mass is 16.2. The smallest absolute Gasteiger partial charge is 0.325 e. The van der Waals surface area contributed by atoms with E-state index in [-0.39, 0.29) is 19.0 Å². The highest BCUT2D eigenvalue weighted by molar-refractivity contribution is 6.06. The van der Waals surface area contributed by atoms with Crippen molar-refractivity contribution in [3.8, 4) is 0 Å². The minimum Gasteiger partial charge on any atom is -0.329 e. The Bertz CT molecular complexity index is 506. The fraction of sp³-hybridized carbons (Fsp3) is 0.455. The number of aromatic nitrogens is 2. The zero-order valence-corrected chi connectivity index (χ0v) is 10.7. The van der Waals surface area contributed by atoms with Crippen LogP contribution in [0.3, 0.4) is 0 Å². The molecule has 4 amide bonds. The molecule has 0 saturated carbocycles. The van der Waals surface area contributed by atoms with Gasteiger partial charge in [0, 0.05) is 11.8 Å². The molecule has 3 N–H and O–H groups in total. The Labute approximate surface area is 109 Å². The van der Waals surface area contributed by atoms with Crippen molar-refractivity contribution in [3.05, 3.63) is 11.8 Å². The first-order chi connectivity index (χ1) is 8.97. The molecule has 19 heavy (non-hydrogen) atoms. The highest BCUT2D eigenvalue weighted by Crippen LogP contribution is 2.14. The molecule has 1 aromatic rings. The molecule has 0 unspecified atom stereocenters. The van der Waals surface area contributed by atoms with Gasteiger partial charge in [0.1, 0.15) is 6.54 Å². The van der Waals surface area contributed by atoms with Crippen molar-refractivity contribution >= 4 is 23.7 Å². The van der Waals surface area contributed by atoms with E-state index in [4.69, 9.17) is 0 Å². The molecule has 8 heteroatoms. The molecule has 2 rings (SSSR count). The highest BCUT2D eigenvalue weighted by Gasteiger charge is 2.30. The molecule has 0 radical (unpaired) electrons. The Kier molecular flexibility index (Phi) is 3.50. The molecule has 0 aromatic carbocycles. The molecule has 0 spiro atoms. The van der Waals surface area contributed by atoms with Gasteiger partial charge in [-0.3, -0.25) is 19.6 Å². The molecular formula is C11H15N5O3. The average molecular weight is 265 g/mol. The molecule has 1 fully saturated rings. The van der Waals surface area contributed by atoms with Crippen LogP contribution in [0.4, 0.5) is 10.6 Å². The predicted molar refractivity (Wildman–Crippen MR) is 66.4 cm³/mol. The third-order valence-corrected chi connectivity index (χ3v) is 2.73. The fourth-order valence-electron chi connectivity index (χ4n) is 1.64. The standard InChI is InChI=1S/C11H15N5O3/c1-6(2)7-3-8(15-14-7)13-9(17)5-16-10(18)4-12-11(16)19/h3,6H,4-5H2,1-2H3,(H,12,19)(H2,13,14,15,17). The largest absolute Gasteiger partial charge is 0.329 e. The summed E-state index contributed by atoms with van der Waals surface area (Å²) >= 11 is 0. The lowest BCUT2D eigenvalue weighted by atomic mass is 10.1. The van der Waals surface area contributed by atoms with E-state index in [1.54, 1.807) is 6.07 Å². The first-order valence-corrected chi connectivity index (χ1v) is 5.90. The monoisotopic (exact) mass is 265 g/mol. The maximum atomic E-state index is 11.7. The van der Waals surface area contributed by atoms with E-state index in [2.05, 4.69) is 20.8 Å². The number of carbonyl (C=O) groups excluding carboxylic acids is 3. The van der Waals surface area contributed by atoms with Crippen LogP contribution in [0.25, 0.3) is 0 Å². The van der Waals surface area contributed by atoms with Gasteiger partial charge in [-0.1, -0.05) is 13.8 Å². The van der Waals surface area contributed by atoms with E-state index in [1.807, 2.05) is 13.8 Å². The predicted octanol–water partition coefficient (Wildman–Crippen LogP) is 0.0234. The van der Waals surface area contributed by atoms with Crippen molar-refractivity contribution < 1.29 is 14.4 Å². The van der Waals surface area contributed by atoms with Crippen LogP contribution in [0.2, 0.25) is 0 Å². The second-order valence-electron chi connectivity index (χ2n) is 4.55. The number of hydrogen-bond acceptors (Lipinski definition) is 4. The normalized spacial score (nSPS) is 15.0. The van der Waals surface area contributed by atoms with E-state index in [0.29, 0.717) is 5.82 Å². The van der Waals surface area contributed by atoms with Gasteiger partial charge in [-0.15, -0.1) is 0 Å². The summed E-state index contributed by atoms with van der Waals surface area (Å²) < 4.78 is 0. The molecular weight excluding hydrogens is 250 g/mol. The summed E-state index contributed by atoms with van der Waals surface area (Å²) in [5, 5.41) is 11.6. The second-order valence-corrected chi connectivity index (χ2v) is 4.55. The van der Waals surface area contributed by atoms with E-state index in [0.717, 1.165) is 10.6 Å². The van der Waals surface area contributed by atoms with Gasteiger partial charge in [-0.05, 0) is 5.92 Å². The van der Waals surface area contributed by atoms with Crippen LogP contribution >= 0.6 is 0 Å². The molecule has 0 aliphatic carbocycles. The van der Waals surface area contributed by atoms with Gasteiger partial charge in [0.05, 0.1) is 6.54 Å². The minimum atomic E-state index is -0.551. The number of amides is 4. The molecule has 1 aliphatic rings. The van der Waals surface area contributed by atoms with Crippen LogP contribution in [-0.4, -0.2) is 46.0 Å². The topological polar surface area (TPSA) is 107 Å². The van der Waals surface area contributed by atoms with Crippen molar-refractivity contribution in [3.63, 3.8) is 0 Å². The van der Waals surface area contributed by atoms with Crippen LogP contribution in [0.5, 0.6) is 0 Å². The summed E-state index contributed by atoms with van der Waals surface area (Å²) in [6, 6.07) is 1.17. The number of H-pyrrole nitrogens is 1. The van der Waals surface area contributed by atoms with Gasteiger partial charge < -0.3 is 10.6 Å². The number of imide groups is 1. The molecule has 1 aliphatic heterocycles. The molecule has 0 bridgehead atoms. The minimum absolute atomic E-state index is 0.0635. The van der Waals surface area contributed by atoms with Crippen molar-refractivity contribution in [2.75, 3.05) is 18.4 Å². The summed E-state index contributed by atoms with van der Waals surface area (Å²) in [5.74, 6) is -0.234. The summed E-state index contributed by atoms with van der Waals surface area (Å²) in [7, 11) is 0. The van der Waals surface area contributed by atoms with Crippen LogP contribution in [0.15, 0.2) is 6.07 Å². The number of aromatic amines is 1. The Morgan fingerprint density at radius 1 is 1.53 bits per heavy atom. The van der Waals surface area contributed by atoms with Crippen molar-refractivity contribution in [2.24, 2.45) is 0 Å². The quantitative estimate of drug-likeness (QED) is 0.667. The maximum Gasteiger partial charge on any atom is 0.325 e. The van der Waals surface area contributed by atoms with Gasteiger partial charge in [0.2, 0.25) is 5.91 Å². The molecule has 2 heterocycles. The number of anilines is 1. The first-order valence-electron chi connectivity index (χ1n) is 5.90. The second kappa shape index (κ2) is 5.09. The molecule has 8 nitrogen and oxygen atoms in total. The maximum absolute atomic E-state index is 11.7. The van der Waals surface area contributed by atoms with Crippen molar-refractivity contribution in [2.45, 2.75) is 19.8 Å². The summed E-state index contributed by atoms with van der Waals surface area (Å²) in [6.07, 6.45) is 0. The lowest BCUT2D eigenvalue weighted by Crippen LogP contribution is -2.38. The molecule has 1 saturated heterocycles. The van der Waals surface area contributed by atoms with E-state index in [1.165, 1.54) is 0 Å². The van der Waals surface area contributed by atoms with Crippen LogP contribution in [0, 0.1) is 0 Å². The fourth-order valence-corrected chi connectivity index (χ4v) is 1.64. The lowest BCUT2D eigenvalue weighted by molar-refractivity contribution is -0.128. The van der Waals surface area contributed by atoms with Gasteiger partial charge in [0.25, 0.3) is 5.91 Å². The zero-order chi connectivity index (χ0) is 14.0. The van der Waals surface area contributed by atoms with Crippen molar-refractivity contribution in [1.29, 1.82) is 0 Å². The van der Waals surface area contributed by atoms with Crippen LogP contribution in [0.1, 0.15) is 25.5 Å². The van der Waals surface area contributed by atoms with Gasteiger partial charge in [-0.25, -0.2) is 4.79 Å². The third kappa shape index (κ3) is 2.90. The Morgan fingerprint density at radius 2 is 2.26 bits per heavy atom. The Morgan fingerprint density at radius 3 is 2.79 bits per heavy atom. The number of urea groups is 1. The Hall–Kier alpha value is -2.38.